The van der Waals surface area contributed by atoms with Gasteiger partial charge in [0.1, 0.15) is 0 Å². The SMILES string of the molecule is CCOCC(NC(C)c1ccc(O)c(OC)c1)C(C)C. The summed E-state index contributed by atoms with van der Waals surface area (Å²) < 4.78 is 10.7. The first kappa shape index (κ1) is 16.8. The highest BCUT2D eigenvalue weighted by Gasteiger charge is 2.17. The third-order valence-corrected chi connectivity index (χ3v) is 3.47. The highest BCUT2D eigenvalue weighted by Crippen LogP contribution is 2.29. The van der Waals surface area contributed by atoms with Crippen LogP contribution in [-0.4, -0.2) is 31.5 Å². The molecule has 2 unspecified atom stereocenters. The van der Waals surface area contributed by atoms with E-state index in [-0.39, 0.29) is 11.8 Å². The average Bonchev–Trinajstić information content (AvgIpc) is 2.43. The molecule has 20 heavy (non-hydrogen) atoms. The van der Waals surface area contributed by atoms with Gasteiger partial charge in [-0.25, -0.2) is 0 Å². The lowest BCUT2D eigenvalue weighted by Gasteiger charge is -2.26. The van der Waals surface area contributed by atoms with Gasteiger partial charge in [0, 0.05) is 18.7 Å². The van der Waals surface area contributed by atoms with Crippen LogP contribution in [0.5, 0.6) is 11.5 Å². The Kier molecular flexibility index (Phi) is 6.82. The van der Waals surface area contributed by atoms with Crippen molar-refractivity contribution in [3.05, 3.63) is 23.8 Å². The summed E-state index contributed by atoms with van der Waals surface area (Å²) in [7, 11) is 1.56. The average molecular weight is 281 g/mol. The van der Waals surface area contributed by atoms with Crippen molar-refractivity contribution in [1.82, 2.24) is 5.32 Å². The molecule has 0 amide bonds. The minimum Gasteiger partial charge on any atom is -0.504 e. The van der Waals surface area contributed by atoms with Crippen molar-refractivity contribution in [2.75, 3.05) is 20.3 Å². The lowest BCUT2D eigenvalue weighted by atomic mass is 10.0. The van der Waals surface area contributed by atoms with Crippen molar-refractivity contribution in [1.29, 1.82) is 0 Å². The summed E-state index contributed by atoms with van der Waals surface area (Å²) >= 11 is 0. The Labute approximate surface area is 122 Å². The van der Waals surface area contributed by atoms with Crippen molar-refractivity contribution in [2.45, 2.75) is 39.8 Å². The van der Waals surface area contributed by atoms with E-state index in [1.165, 1.54) is 0 Å². The maximum Gasteiger partial charge on any atom is 0.160 e. The van der Waals surface area contributed by atoms with Gasteiger partial charge in [0.2, 0.25) is 0 Å². The largest absolute Gasteiger partial charge is 0.504 e. The molecular weight excluding hydrogens is 254 g/mol. The molecule has 2 N–H and O–H groups in total. The first-order valence-electron chi connectivity index (χ1n) is 7.20. The minimum atomic E-state index is 0.164. The predicted molar refractivity (Wildman–Crippen MR) is 81.3 cm³/mol. The van der Waals surface area contributed by atoms with E-state index >= 15 is 0 Å². The third kappa shape index (κ3) is 4.69. The highest BCUT2D eigenvalue weighted by atomic mass is 16.5. The maximum absolute atomic E-state index is 9.64. The molecule has 0 saturated heterocycles. The van der Waals surface area contributed by atoms with E-state index in [4.69, 9.17) is 9.47 Å². The smallest absolute Gasteiger partial charge is 0.160 e. The molecule has 114 valence electrons. The fourth-order valence-corrected chi connectivity index (χ4v) is 2.06. The van der Waals surface area contributed by atoms with Crippen LogP contribution in [0.4, 0.5) is 0 Å². The number of phenolic OH excluding ortho intramolecular Hbond substituents is 1. The number of rotatable bonds is 8. The molecule has 0 bridgehead atoms. The summed E-state index contributed by atoms with van der Waals surface area (Å²) in [5.74, 6) is 1.16. The van der Waals surface area contributed by atoms with Crippen molar-refractivity contribution < 1.29 is 14.6 Å². The number of phenols is 1. The molecule has 0 radical (unpaired) electrons. The molecule has 1 aromatic carbocycles. The molecule has 0 heterocycles. The van der Waals surface area contributed by atoms with Crippen molar-refractivity contribution in [2.24, 2.45) is 5.92 Å². The second kappa shape index (κ2) is 8.12. The molecule has 0 fully saturated rings. The topological polar surface area (TPSA) is 50.7 Å². The van der Waals surface area contributed by atoms with Crippen LogP contribution in [0.15, 0.2) is 18.2 Å². The number of ether oxygens (including phenoxy) is 2. The van der Waals surface area contributed by atoms with Crippen LogP contribution < -0.4 is 10.1 Å². The van der Waals surface area contributed by atoms with E-state index in [9.17, 15) is 5.11 Å². The Morgan fingerprint density at radius 1 is 1.25 bits per heavy atom. The summed E-state index contributed by atoms with van der Waals surface area (Å²) in [5.41, 5.74) is 1.08. The van der Waals surface area contributed by atoms with Crippen molar-refractivity contribution in [3.63, 3.8) is 0 Å². The van der Waals surface area contributed by atoms with E-state index < -0.39 is 0 Å². The zero-order chi connectivity index (χ0) is 15.1. The summed E-state index contributed by atoms with van der Waals surface area (Å²) in [6.07, 6.45) is 0. The molecule has 2 atom stereocenters. The summed E-state index contributed by atoms with van der Waals surface area (Å²) in [6.45, 7) is 9.90. The second-order valence-electron chi connectivity index (χ2n) is 5.33. The van der Waals surface area contributed by atoms with E-state index in [2.05, 4.69) is 26.1 Å². The Bertz CT molecular complexity index is 407. The van der Waals surface area contributed by atoms with Crippen LogP contribution in [0, 0.1) is 5.92 Å². The maximum atomic E-state index is 9.64. The highest BCUT2D eigenvalue weighted by molar-refractivity contribution is 5.42. The molecule has 4 heteroatoms. The Hall–Kier alpha value is -1.26. The number of hydrogen-bond acceptors (Lipinski definition) is 4. The number of nitrogens with one attached hydrogen (secondary N) is 1. The van der Waals surface area contributed by atoms with Gasteiger partial charge in [0.05, 0.1) is 13.7 Å². The fraction of sp³-hybridized carbons (Fsp3) is 0.625. The molecule has 0 aliphatic carbocycles. The van der Waals surface area contributed by atoms with E-state index in [1.54, 1.807) is 13.2 Å². The molecule has 0 saturated carbocycles. The zero-order valence-electron chi connectivity index (χ0n) is 13.1. The number of hydrogen-bond donors (Lipinski definition) is 2. The van der Waals surface area contributed by atoms with E-state index in [0.717, 1.165) is 12.2 Å². The quantitative estimate of drug-likeness (QED) is 0.768. The number of aromatic hydroxyl groups is 1. The van der Waals surface area contributed by atoms with Gasteiger partial charge in [-0.05, 0) is 37.5 Å². The monoisotopic (exact) mass is 281 g/mol. The normalized spacial score (nSPS) is 14.3. The standard InChI is InChI=1S/C16H27NO3/c1-6-20-10-14(11(2)3)17-12(4)13-7-8-15(18)16(9-13)19-5/h7-9,11-12,14,17-18H,6,10H2,1-5H3. The minimum absolute atomic E-state index is 0.164. The molecule has 4 nitrogen and oxygen atoms in total. The zero-order valence-corrected chi connectivity index (χ0v) is 13.1. The summed E-state index contributed by atoms with van der Waals surface area (Å²) in [5, 5.41) is 13.2. The van der Waals surface area contributed by atoms with Gasteiger partial charge in [-0.2, -0.15) is 0 Å². The molecule has 0 aliphatic heterocycles. The van der Waals surface area contributed by atoms with Crippen LogP contribution in [0.2, 0.25) is 0 Å². The van der Waals surface area contributed by atoms with Gasteiger partial charge >= 0.3 is 0 Å². The molecule has 0 aromatic heterocycles. The van der Waals surface area contributed by atoms with Crippen LogP contribution in [0.1, 0.15) is 39.3 Å². The van der Waals surface area contributed by atoms with Gasteiger partial charge in [-0.1, -0.05) is 19.9 Å². The first-order chi connectivity index (χ1) is 9.49. The van der Waals surface area contributed by atoms with E-state index in [1.807, 2.05) is 19.1 Å². The van der Waals surface area contributed by atoms with Gasteiger partial charge in [0.15, 0.2) is 11.5 Å². The Morgan fingerprint density at radius 3 is 2.50 bits per heavy atom. The number of methoxy groups -OCH3 is 1. The molecule has 0 spiro atoms. The van der Waals surface area contributed by atoms with Crippen LogP contribution >= 0.6 is 0 Å². The van der Waals surface area contributed by atoms with Gasteiger partial charge in [0.25, 0.3) is 0 Å². The predicted octanol–water partition coefficient (Wildman–Crippen LogP) is 3.11. The summed E-state index contributed by atoms with van der Waals surface area (Å²) in [4.78, 5) is 0. The van der Waals surface area contributed by atoms with Crippen LogP contribution in [-0.2, 0) is 4.74 Å². The Morgan fingerprint density at radius 2 is 1.95 bits per heavy atom. The fourth-order valence-electron chi connectivity index (χ4n) is 2.06. The van der Waals surface area contributed by atoms with E-state index in [0.29, 0.717) is 24.3 Å². The Balaban J connectivity index is 2.75. The molecule has 1 rings (SSSR count). The first-order valence-corrected chi connectivity index (χ1v) is 7.20. The summed E-state index contributed by atoms with van der Waals surface area (Å²) in [6, 6.07) is 5.90. The van der Waals surface area contributed by atoms with Crippen LogP contribution in [0.3, 0.4) is 0 Å². The lowest BCUT2D eigenvalue weighted by Crippen LogP contribution is -2.39. The number of benzene rings is 1. The molecule has 0 aliphatic rings. The second-order valence-corrected chi connectivity index (χ2v) is 5.33. The lowest BCUT2D eigenvalue weighted by molar-refractivity contribution is 0.104. The molecule has 1 aromatic rings. The van der Waals surface area contributed by atoms with Gasteiger partial charge in [-0.3, -0.25) is 0 Å². The van der Waals surface area contributed by atoms with Gasteiger partial charge < -0.3 is 19.9 Å². The van der Waals surface area contributed by atoms with Crippen molar-refractivity contribution in [3.8, 4) is 11.5 Å². The molecular formula is C16H27NO3. The van der Waals surface area contributed by atoms with Crippen LogP contribution in [0.25, 0.3) is 0 Å². The van der Waals surface area contributed by atoms with Gasteiger partial charge in [-0.15, -0.1) is 0 Å². The van der Waals surface area contributed by atoms with Crippen molar-refractivity contribution >= 4 is 0 Å². The third-order valence-electron chi connectivity index (χ3n) is 3.47.